The topological polar surface area (TPSA) is 37.4 Å². The molecule has 0 saturated carbocycles. The van der Waals surface area contributed by atoms with Gasteiger partial charge in [0.2, 0.25) is 0 Å². The Bertz CT molecular complexity index is 880. The number of hydrogen-bond acceptors (Lipinski definition) is 3. The van der Waals surface area contributed by atoms with Crippen molar-refractivity contribution in [2.75, 3.05) is 4.90 Å². The molecule has 3 aliphatic rings. The molecule has 0 atom stereocenters. The number of anilines is 1. The van der Waals surface area contributed by atoms with Crippen molar-refractivity contribution >= 4 is 33.2 Å². The Labute approximate surface area is 176 Å². The summed E-state index contributed by atoms with van der Waals surface area (Å²) in [5.41, 5.74) is 4.79. The molecule has 0 unspecified atom stereocenters. The molecule has 0 N–H and O–H groups in total. The summed E-state index contributed by atoms with van der Waals surface area (Å²) in [5.74, 6) is 0.291. The van der Waals surface area contributed by atoms with Crippen LogP contribution in [0.15, 0.2) is 51.3 Å². The first-order chi connectivity index (χ1) is 13.0. The zero-order valence-corrected chi connectivity index (χ0v) is 18.9. The highest BCUT2D eigenvalue weighted by Crippen LogP contribution is 2.52. The number of nitrogens with zero attached hydrogens (tertiary/aromatic N) is 1. The third-order valence-corrected chi connectivity index (χ3v) is 6.81. The van der Waals surface area contributed by atoms with Gasteiger partial charge < -0.3 is 4.90 Å². The predicted octanol–water partition coefficient (Wildman–Crippen LogP) is 6.19. The minimum Gasteiger partial charge on any atom is -0.317 e. The lowest BCUT2D eigenvalue weighted by Gasteiger charge is -2.48. The standard InChI is InChI=1S/C24H28BrNO2/c1-14-21-17(10-23(2,3)12-19(21)27)26(16-8-6-15(25)7-9-16)18-11-24(4,5)13-20(28)22(14)18/h6-9,14H,10-13H2,1-5H3. The highest BCUT2D eigenvalue weighted by Gasteiger charge is 2.47. The number of benzene rings is 1. The molecule has 0 bridgehead atoms. The van der Waals surface area contributed by atoms with Gasteiger partial charge in [0, 0.05) is 51.5 Å². The number of ketones is 2. The monoisotopic (exact) mass is 441 g/mol. The second-order valence-electron chi connectivity index (χ2n) is 10.1. The first kappa shape index (κ1) is 19.6. The van der Waals surface area contributed by atoms with Crippen LogP contribution in [0.5, 0.6) is 0 Å². The van der Waals surface area contributed by atoms with Gasteiger partial charge in [-0.1, -0.05) is 50.5 Å². The molecule has 0 aromatic heterocycles. The van der Waals surface area contributed by atoms with Gasteiger partial charge in [-0.3, -0.25) is 9.59 Å². The molecule has 0 radical (unpaired) electrons. The van der Waals surface area contributed by atoms with E-state index in [1.165, 1.54) is 0 Å². The Hall–Kier alpha value is -1.68. The smallest absolute Gasteiger partial charge is 0.161 e. The van der Waals surface area contributed by atoms with E-state index in [9.17, 15) is 9.59 Å². The molecule has 0 fully saturated rings. The molecule has 0 spiro atoms. The second-order valence-corrected chi connectivity index (χ2v) is 11.1. The average molecular weight is 442 g/mol. The summed E-state index contributed by atoms with van der Waals surface area (Å²) in [6, 6.07) is 8.21. The van der Waals surface area contributed by atoms with Gasteiger partial charge in [0.15, 0.2) is 11.6 Å². The lowest BCUT2D eigenvalue weighted by Crippen LogP contribution is -2.44. The van der Waals surface area contributed by atoms with Crippen LogP contribution >= 0.6 is 15.9 Å². The Morgan fingerprint density at radius 2 is 1.25 bits per heavy atom. The summed E-state index contributed by atoms with van der Waals surface area (Å²) in [6.45, 7) is 10.7. The van der Waals surface area contributed by atoms with E-state index < -0.39 is 0 Å². The number of Topliss-reactive ketones (excluding diaryl/α,β-unsaturated/α-hetero) is 2. The van der Waals surface area contributed by atoms with E-state index >= 15 is 0 Å². The van der Waals surface area contributed by atoms with Crippen molar-refractivity contribution in [1.29, 1.82) is 0 Å². The van der Waals surface area contributed by atoms with Gasteiger partial charge in [-0.25, -0.2) is 0 Å². The van der Waals surface area contributed by atoms with Crippen molar-refractivity contribution in [3.05, 3.63) is 51.3 Å². The molecule has 1 aromatic carbocycles. The summed E-state index contributed by atoms with van der Waals surface area (Å²) in [7, 11) is 0. The van der Waals surface area contributed by atoms with Crippen molar-refractivity contribution in [3.8, 4) is 0 Å². The fourth-order valence-corrected chi connectivity index (χ4v) is 5.46. The maximum Gasteiger partial charge on any atom is 0.161 e. The number of allylic oxidation sites excluding steroid dienone is 4. The van der Waals surface area contributed by atoms with Crippen molar-refractivity contribution in [2.45, 2.75) is 60.3 Å². The lowest BCUT2D eigenvalue weighted by molar-refractivity contribution is -0.119. The molecular weight excluding hydrogens is 414 g/mol. The SMILES string of the molecule is CC1C2=C(CC(C)(C)CC2=O)N(c2ccc(Br)cc2)C2=C1C(=O)CC(C)(C)C2. The van der Waals surface area contributed by atoms with Gasteiger partial charge in [0.1, 0.15) is 0 Å². The molecule has 1 heterocycles. The third-order valence-electron chi connectivity index (χ3n) is 6.28. The largest absolute Gasteiger partial charge is 0.317 e. The molecule has 148 valence electrons. The van der Waals surface area contributed by atoms with E-state index in [4.69, 9.17) is 0 Å². The van der Waals surface area contributed by atoms with E-state index in [2.05, 4.69) is 67.6 Å². The van der Waals surface area contributed by atoms with Gasteiger partial charge in [0.05, 0.1) is 0 Å². The predicted molar refractivity (Wildman–Crippen MR) is 116 cm³/mol. The summed E-state index contributed by atoms with van der Waals surface area (Å²) in [4.78, 5) is 28.6. The van der Waals surface area contributed by atoms with Gasteiger partial charge in [-0.05, 0) is 47.9 Å². The molecule has 4 heteroatoms. The fraction of sp³-hybridized carbons (Fsp3) is 0.500. The van der Waals surface area contributed by atoms with Crippen molar-refractivity contribution in [3.63, 3.8) is 0 Å². The normalized spacial score (nSPS) is 24.4. The summed E-state index contributed by atoms with van der Waals surface area (Å²) in [5, 5.41) is 0. The summed E-state index contributed by atoms with van der Waals surface area (Å²) in [6.07, 6.45) is 2.79. The zero-order chi connectivity index (χ0) is 20.4. The van der Waals surface area contributed by atoms with Crippen LogP contribution < -0.4 is 4.90 Å². The van der Waals surface area contributed by atoms with Crippen LogP contribution in [-0.4, -0.2) is 11.6 Å². The van der Waals surface area contributed by atoms with Crippen LogP contribution in [0.3, 0.4) is 0 Å². The first-order valence-corrected chi connectivity index (χ1v) is 10.9. The van der Waals surface area contributed by atoms with Crippen LogP contribution in [-0.2, 0) is 9.59 Å². The van der Waals surface area contributed by atoms with E-state index in [-0.39, 0.29) is 28.3 Å². The van der Waals surface area contributed by atoms with Gasteiger partial charge in [0.25, 0.3) is 0 Å². The molecule has 3 nitrogen and oxygen atoms in total. The molecule has 28 heavy (non-hydrogen) atoms. The van der Waals surface area contributed by atoms with E-state index in [0.717, 1.165) is 45.5 Å². The number of halogens is 1. The summed E-state index contributed by atoms with van der Waals surface area (Å²) >= 11 is 3.52. The van der Waals surface area contributed by atoms with Gasteiger partial charge >= 0.3 is 0 Å². The van der Waals surface area contributed by atoms with E-state index in [1.54, 1.807) is 0 Å². The summed E-state index contributed by atoms with van der Waals surface area (Å²) < 4.78 is 1.02. The number of hydrogen-bond donors (Lipinski definition) is 0. The highest BCUT2D eigenvalue weighted by molar-refractivity contribution is 9.10. The van der Waals surface area contributed by atoms with Crippen molar-refractivity contribution in [1.82, 2.24) is 0 Å². The van der Waals surface area contributed by atoms with Crippen LogP contribution in [0.1, 0.15) is 60.3 Å². The Kier molecular flexibility index (Phi) is 4.50. The van der Waals surface area contributed by atoms with Crippen molar-refractivity contribution < 1.29 is 9.59 Å². The maximum atomic E-state index is 13.2. The molecule has 0 saturated heterocycles. The first-order valence-electron chi connectivity index (χ1n) is 10.1. The zero-order valence-electron chi connectivity index (χ0n) is 17.4. The van der Waals surface area contributed by atoms with E-state index in [1.807, 2.05) is 12.1 Å². The van der Waals surface area contributed by atoms with Crippen LogP contribution in [0, 0.1) is 16.7 Å². The third kappa shape index (κ3) is 3.20. The average Bonchev–Trinajstić information content (AvgIpc) is 2.53. The fourth-order valence-electron chi connectivity index (χ4n) is 5.19. The Morgan fingerprint density at radius 3 is 1.68 bits per heavy atom. The molecule has 1 aromatic rings. The lowest BCUT2D eigenvalue weighted by atomic mass is 9.65. The minimum atomic E-state index is -0.108. The van der Waals surface area contributed by atoms with E-state index in [0.29, 0.717) is 12.8 Å². The second kappa shape index (κ2) is 6.41. The highest BCUT2D eigenvalue weighted by atomic mass is 79.9. The Morgan fingerprint density at radius 1 is 0.821 bits per heavy atom. The minimum absolute atomic E-state index is 0.0739. The molecule has 1 aliphatic heterocycles. The van der Waals surface area contributed by atoms with Crippen molar-refractivity contribution in [2.24, 2.45) is 16.7 Å². The molecule has 4 rings (SSSR count). The molecule has 2 aliphatic carbocycles. The van der Waals surface area contributed by atoms with Crippen LogP contribution in [0.2, 0.25) is 0 Å². The maximum absolute atomic E-state index is 13.2. The molecular formula is C24H28BrNO2. The van der Waals surface area contributed by atoms with Gasteiger partial charge in [-0.2, -0.15) is 0 Å². The Balaban J connectivity index is 1.96. The number of carbonyl (C=O) groups is 2. The van der Waals surface area contributed by atoms with Crippen LogP contribution in [0.25, 0.3) is 0 Å². The number of carbonyl (C=O) groups excluding carboxylic acids is 2. The molecule has 0 amide bonds. The van der Waals surface area contributed by atoms with Crippen LogP contribution in [0.4, 0.5) is 5.69 Å². The van der Waals surface area contributed by atoms with Gasteiger partial charge in [-0.15, -0.1) is 0 Å². The quantitative estimate of drug-likeness (QED) is 0.520. The number of rotatable bonds is 1.